The molecule has 37 heavy (non-hydrogen) atoms. The van der Waals surface area contributed by atoms with Crippen LogP contribution in [-0.4, -0.2) is 29.2 Å². The van der Waals surface area contributed by atoms with Gasteiger partial charge in [0.05, 0.1) is 0 Å². The molecule has 1 unspecified atom stereocenters. The molecule has 0 aliphatic heterocycles. The van der Waals surface area contributed by atoms with Crippen LogP contribution in [0.15, 0.2) is 30.9 Å². The van der Waals surface area contributed by atoms with Crippen molar-refractivity contribution in [3.05, 3.63) is 47.5 Å². The average Bonchev–Trinajstić information content (AvgIpc) is 3.25. The number of fused-ring (bicyclic) bond motifs is 5. The quantitative estimate of drug-likeness (QED) is 0.191. The van der Waals surface area contributed by atoms with Gasteiger partial charge in [-0.2, -0.15) is 30.7 Å². The first-order valence-electron chi connectivity index (χ1n) is 13.5. The summed E-state index contributed by atoms with van der Waals surface area (Å²) in [6.07, 6.45) is 1.47. The molecule has 3 aliphatic rings. The first kappa shape index (κ1) is 28.4. The number of alkyl halides is 7. The molecule has 2 saturated carbocycles. The van der Waals surface area contributed by atoms with Crippen LogP contribution < -0.4 is 0 Å². The van der Waals surface area contributed by atoms with E-state index in [0.717, 1.165) is 19.3 Å². The van der Waals surface area contributed by atoms with Gasteiger partial charge in [-0.3, -0.25) is 0 Å². The molecule has 1 N–H and O–H groups in total. The lowest BCUT2D eigenvalue weighted by atomic mass is 9.47. The molecule has 0 radical (unpaired) electrons. The molecule has 2 fully saturated rings. The Kier molecular flexibility index (Phi) is 7.59. The predicted octanol–water partition coefficient (Wildman–Crippen LogP) is 8.79. The Morgan fingerprint density at radius 1 is 1.03 bits per heavy atom. The summed E-state index contributed by atoms with van der Waals surface area (Å²) in [5, 5.41) is 9.49. The lowest BCUT2D eigenvalue weighted by Gasteiger charge is -2.57. The third kappa shape index (κ3) is 4.63. The predicted molar refractivity (Wildman–Crippen MR) is 129 cm³/mol. The second-order valence-electron chi connectivity index (χ2n) is 11.8. The molecule has 4 rings (SSSR count). The maximum absolute atomic E-state index is 13.7. The minimum atomic E-state index is -6.43. The molecule has 1 aromatic rings. The van der Waals surface area contributed by atoms with E-state index < -0.39 is 30.5 Å². The summed E-state index contributed by atoms with van der Waals surface area (Å²) in [5.41, 5.74) is 4.32. The highest BCUT2D eigenvalue weighted by Gasteiger charge is 2.75. The van der Waals surface area contributed by atoms with Crippen molar-refractivity contribution < 1.29 is 35.8 Å². The average molecular weight is 535 g/mol. The summed E-state index contributed by atoms with van der Waals surface area (Å²) in [4.78, 5) is 0. The van der Waals surface area contributed by atoms with Crippen molar-refractivity contribution in [1.29, 1.82) is 0 Å². The minimum Gasteiger partial charge on any atom is -0.387 e. The van der Waals surface area contributed by atoms with Crippen molar-refractivity contribution in [1.82, 2.24) is 0 Å². The number of aliphatic hydroxyl groups is 1. The Labute approximate surface area is 214 Å². The minimum absolute atomic E-state index is 0.0615. The topological polar surface area (TPSA) is 20.2 Å². The number of allylic oxidation sites excluding steroid dienone is 1. The van der Waals surface area contributed by atoms with Crippen LogP contribution in [0.5, 0.6) is 0 Å². The largest absolute Gasteiger partial charge is 0.459 e. The van der Waals surface area contributed by atoms with Gasteiger partial charge in [-0.15, -0.1) is 6.58 Å². The highest BCUT2D eigenvalue weighted by molar-refractivity contribution is 5.44. The summed E-state index contributed by atoms with van der Waals surface area (Å²) in [7, 11) is 0. The first-order valence-corrected chi connectivity index (χ1v) is 13.5. The van der Waals surface area contributed by atoms with Gasteiger partial charge < -0.3 is 5.11 Å². The smallest absolute Gasteiger partial charge is 0.387 e. The van der Waals surface area contributed by atoms with Crippen LogP contribution >= 0.6 is 0 Å². The summed E-state index contributed by atoms with van der Waals surface area (Å²) >= 11 is 0. The molecule has 0 amide bonds. The summed E-state index contributed by atoms with van der Waals surface area (Å²) in [6, 6.07) is 6.29. The van der Waals surface area contributed by atoms with Crippen molar-refractivity contribution >= 4 is 0 Å². The van der Waals surface area contributed by atoms with Gasteiger partial charge in [-0.05, 0) is 97.1 Å². The van der Waals surface area contributed by atoms with Crippen LogP contribution in [-0.2, 0) is 12.8 Å². The van der Waals surface area contributed by atoms with Gasteiger partial charge >= 0.3 is 18.0 Å². The molecular formula is C29H37F7O. The fourth-order valence-electron chi connectivity index (χ4n) is 7.89. The summed E-state index contributed by atoms with van der Waals surface area (Å²) in [5.74, 6) is -10.9. The number of hydrogen-bond acceptors (Lipinski definition) is 1. The van der Waals surface area contributed by atoms with E-state index in [1.54, 1.807) is 0 Å². The maximum atomic E-state index is 13.7. The van der Waals surface area contributed by atoms with Crippen LogP contribution in [0.1, 0.15) is 93.7 Å². The van der Waals surface area contributed by atoms with Gasteiger partial charge in [-0.25, -0.2) is 0 Å². The van der Waals surface area contributed by atoms with Gasteiger partial charge in [-0.1, -0.05) is 50.5 Å². The Morgan fingerprint density at radius 3 is 2.43 bits per heavy atom. The van der Waals surface area contributed by atoms with E-state index in [0.29, 0.717) is 36.5 Å². The number of hydrogen-bond donors (Lipinski definition) is 1. The molecule has 0 bridgehead atoms. The van der Waals surface area contributed by atoms with E-state index in [4.69, 9.17) is 0 Å². The molecule has 5 atom stereocenters. The molecule has 1 nitrogen and oxygen atoms in total. The third-order valence-corrected chi connectivity index (χ3v) is 9.84. The molecule has 3 aliphatic carbocycles. The summed E-state index contributed by atoms with van der Waals surface area (Å²) in [6.45, 7) is 6.73. The molecule has 0 aromatic heterocycles. The van der Waals surface area contributed by atoms with Crippen molar-refractivity contribution in [2.45, 2.75) is 114 Å². The van der Waals surface area contributed by atoms with Crippen molar-refractivity contribution in [3.63, 3.8) is 0 Å². The molecule has 0 spiro atoms. The monoisotopic (exact) mass is 534 g/mol. The second kappa shape index (κ2) is 9.87. The SMILES string of the molecule is C=C[C@@]12CCc3cccc(CCCCCC(O)C(F)(F)C(F)(F)C(F)(F)F)c3[C@H]1CC[C@]1(C)CCC[C@H]12. The van der Waals surface area contributed by atoms with Gasteiger partial charge in [0.25, 0.3) is 0 Å². The van der Waals surface area contributed by atoms with E-state index in [2.05, 4.69) is 31.7 Å². The normalized spacial score (nSPS) is 30.8. The van der Waals surface area contributed by atoms with Crippen LogP contribution in [0.4, 0.5) is 30.7 Å². The van der Waals surface area contributed by atoms with Gasteiger partial charge in [0.1, 0.15) is 6.10 Å². The first-order chi connectivity index (χ1) is 17.2. The lowest BCUT2D eigenvalue weighted by molar-refractivity contribution is -0.371. The zero-order valence-electron chi connectivity index (χ0n) is 21.3. The summed E-state index contributed by atoms with van der Waals surface area (Å²) < 4.78 is 90.8. The molecule has 0 heterocycles. The molecule has 0 saturated heterocycles. The van der Waals surface area contributed by atoms with Crippen LogP contribution in [0.3, 0.4) is 0 Å². The Bertz CT molecular complexity index is 987. The zero-order valence-corrected chi connectivity index (χ0v) is 21.3. The Morgan fingerprint density at radius 2 is 1.76 bits per heavy atom. The molecular weight excluding hydrogens is 497 g/mol. The Hall–Kier alpha value is -1.57. The zero-order chi connectivity index (χ0) is 27.3. The Balaban J connectivity index is 1.41. The van der Waals surface area contributed by atoms with E-state index in [1.807, 2.05) is 6.07 Å². The number of aliphatic hydroxyl groups excluding tert-OH is 1. The highest BCUT2D eigenvalue weighted by atomic mass is 19.4. The number of benzene rings is 1. The maximum Gasteiger partial charge on any atom is 0.459 e. The standard InChI is InChI=1S/C29H37F7O/c1-3-26-18-14-20-11-7-10-19(24(20)21(26)15-17-25(2)16-8-12-22(25)26)9-5-4-6-13-23(37)27(30,31)28(32,33)29(34,35)36/h3,7,10-11,21-23,37H,1,4-6,8-9,12-18H2,2H3/t21-,22-,23?,25+,26-/m1/s1. The molecule has 1 aromatic carbocycles. The fourth-order valence-corrected chi connectivity index (χ4v) is 7.89. The van der Waals surface area contributed by atoms with Gasteiger partial charge in [0.2, 0.25) is 0 Å². The number of unbranched alkanes of at least 4 members (excludes halogenated alkanes) is 2. The van der Waals surface area contributed by atoms with Gasteiger partial charge in [0.15, 0.2) is 0 Å². The van der Waals surface area contributed by atoms with E-state index in [-0.39, 0.29) is 11.8 Å². The van der Waals surface area contributed by atoms with E-state index >= 15 is 0 Å². The highest BCUT2D eigenvalue weighted by Crippen LogP contribution is 2.67. The molecule has 8 heteroatoms. The van der Waals surface area contributed by atoms with E-state index in [9.17, 15) is 35.8 Å². The van der Waals surface area contributed by atoms with Crippen molar-refractivity contribution in [2.24, 2.45) is 16.7 Å². The van der Waals surface area contributed by atoms with Crippen molar-refractivity contribution in [3.8, 4) is 0 Å². The van der Waals surface area contributed by atoms with Crippen LogP contribution in [0.25, 0.3) is 0 Å². The third-order valence-electron chi connectivity index (χ3n) is 9.84. The van der Waals surface area contributed by atoms with E-state index in [1.165, 1.54) is 42.4 Å². The van der Waals surface area contributed by atoms with Crippen molar-refractivity contribution in [2.75, 3.05) is 0 Å². The van der Waals surface area contributed by atoms with Gasteiger partial charge in [0, 0.05) is 0 Å². The number of aryl methyl sites for hydroxylation is 2. The van der Waals surface area contributed by atoms with Crippen LogP contribution in [0.2, 0.25) is 0 Å². The van der Waals surface area contributed by atoms with Crippen LogP contribution in [0, 0.1) is 16.7 Å². The fraction of sp³-hybridized carbons (Fsp3) is 0.724. The molecule has 208 valence electrons. The number of rotatable bonds is 9. The number of halogens is 7. The second-order valence-corrected chi connectivity index (χ2v) is 11.8. The lowest BCUT2D eigenvalue weighted by Crippen LogP contribution is -2.57.